The molecule has 0 saturated heterocycles. The highest BCUT2D eigenvalue weighted by Gasteiger charge is 2.41. The van der Waals surface area contributed by atoms with Crippen LogP contribution in [0, 0.1) is 0 Å². The van der Waals surface area contributed by atoms with Crippen LogP contribution in [-0.2, 0) is 0 Å². The lowest BCUT2D eigenvalue weighted by atomic mass is 9.69. The number of H-pyrrole nitrogens is 1. The summed E-state index contributed by atoms with van der Waals surface area (Å²) in [6.07, 6.45) is -2.64. The molecular weight excluding hydrogens is 446 g/mol. The Labute approximate surface area is 202 Å². The molecule has 0 amide bonds. The smallest absolute Gasteiger partial charge is 0.275 e. The summed E-state index contributed by atoms with van der Waals surface area (Å²) in [5.74, 6) is 0.0587. The topological polar surface area (TPSA) is 114 Å². The Balaban J connectivity index is 1.51. The average Bonchev–Trinajstić information content (AvgIpc) is 3.24. The predicted molar refractivity (Wildman–Crippen MR) is 129 cm³/mol. The second kappa shape index (κ2) is 9.32. The zero-order valence-corrected chi connectivity index (χ0v) is 19.3. The fourth-order valence-corrected chi connectivity index (χ4v) is 4.61. The van der Waals surface area contributed by atoms with Crippen molar-refractivity contribution in [3.63, 3.8) is 0 Å². The van der Waals surface area contributed by atoms with Gasteiger partial charge in [-0.05, 0) is 35.7 Å². The lowest BCUT2D eigenvalue weighted by Gasteiger charge is -2.61. The quantitative estimate of drug-likeness (QED) is 0.426. The summed E-state index contributed by atoms with van der Waals surface area (Å²) in [6, 6.07) is 22.5. The molecule has 3 aromatic carbocycles. The third kappa shape index (κ3) is 3.96. The molecule has 1 aliphatic rings. The lowest BCUT2D eigenvalue weighted by molar-refractivity contribution is -0.530. The summed E-state index contributed by atoms with van der Waals surface area (Å²) >= 11 is 0. The SMILES string of the molecule is COc1ccc(NC2C([O-])C(c3c(-c4ccccc4)[nH]n(-c4ccccc4)c3=O)C2[O-])c(OC)c1. The fraction of sp³-hybridized carbons (Fsp3) is 0.222. The monoisotopic (exact) mass is 471 g/mol. The van der Waals surface area contributed by atoms with Crippen molar-refractivity contribution in [2.75, 3.05) is 19.5 Å². The lowest BCUT2D eigenvalue weighted by Crippen LogP contribution is -2.72. The highest BCUT2D eigenvalue weighted by molar-refractivity contribution is 5.66. The normalized spacial score (nSPS) is 21.3. The van der Waals surface area contributed by atoms with Crippen molar-refractivity contribution >= 4 is 5.69 Å². The Morgan fingerprint density at radius 2 is 1.54 bits per heavy atom. The van der Waals surface area contributed by atoms with Gasteiger partial charge in [-0.1, -0.05) is 48.5 Å². The molecule has 180 valence electrons. The van der Waals surface area contributed by atoms with Gasteiger partial charge in [-0.3, -0.25) is 9.89 Å². The summed E-state index contributed by atoms with van der Waals surface area (Å²) < 4.78 is 12.0. The van der Waals surface area contributed by atoms with E-state index >= 15 is 0 Å². The van der Waals surface area contributed by atoms with Crippen LogP contribution >= 0.6 is 0 Å². The van der Waals surface area contributed by atoms with Gasteiger partial charge in [-0.2, -0.15) is 0 Å². The van der Waals surface area contributed by atoms with Crippen LogP contribution in [0.4, 0.5) is 5.69 Å². The maximum atomic E-state index is 13.5. The van der Waals surface area contributed by atoms with Crippen molar-refractivity contribution in [3.05, 3.63) is 94.8 Å². The van der Waals surface area contributed by atoms with Crippen LogP contribution in [0.3, 0.4) is 0 Å². The van der Waals surface area contributed by atoms with Crippen molar-refractivity contribution in [3.8, 4) is 28.4 Å². The van der Waals surface area contributed by atoms with Gasteiger partial charge in [0.25, 0.3) is 5.56 Å². The number of nitrogens with one attached hydrogen (secondary N) is 2. The Kier molecular flexibility index (Phi) is 6.07. The van der Waals surface area contributed by atoms with Crippen LogP contribution in [-0.4, -0.2) is 42.2 Å². The molecule has 1 saturated carbocycles. The zero-order valence-electron chi connectivity index (χ0n) is 19.3. The third-order valence-electron chi connectivity index (χ3n) is 6.48. The van der Waals surface area contributed by atoms with Crippen molar-refractivity contribution in [2.24, 2.45) is 0 Å². The molecule has 1 aliphatic carbocycles. The summed E-state index contributed by atoms with van der Waals surface area (Å²) in [5, 5.41) is 32.9. The summed E-state index contributed by atoms with van der Waals surface area (Å²) in [6.45, 7) is 0. The maximum absolute atomic E-state index is 13.5. The van der Waals surface area contributed by atoms with Crippen LogP contribution < -0.4 is 30.6 Å². The van der Waals surface area contributed by atoms with Crippen LogP contribution in [0.2, 0.25) is 0 Å². The van der Waals surface area contributed by atoms with Gasteiger partial charge in [-0.25, -0.2) is 4.68 Å². The molecule has 2 N–H and O–H groups in total. The minimum absolute atomic E-state index is 0.222. The summed E-state index contributed by atoms with van der Waals surface area (Å²) in [7, 11) is 3.05. The molecule has 4 aromatic rings. The van der Waals surface area contributed by atoms with Gasteiger partial charge in [0.05, 0.1) is 31.3 Å². The Bertz CT molecular complexity index is 1360. The molecular formula is C27H25N3O5-2. The second-order valence-corrected chi connectivity index (χ2v) is 8.43. The molecule has 0 aliphatic heterocycles. The molecule has 8 nitrogen and oxygen atoms in total. The molecule has 0 radical (unpaired) electrons. The Morgan fingerprint density at radius 1 is 0.886 bits per heavy atom. The number of nitrogens with zero attached hydrogens (tertiary/aromatic N) is 1. The number of aromatic nitrogens is 2. The zero-order chi connectivity index (χ0) is 24.5. The van der Waals surface area contributed by atoms with Gasteiger partial charge in [0, 0.05) is 17.7 Å². The van der Waals surface area contributed by atoms with E-state index in [9.17, 15) is 15.0 Å². The van der Waals surface area contributed by atoms with Gasteiger partial charge in [0.15, 0.2) is 0 Å². The second-order valence-electron chi connectivity index (χ2n) is 8.43. The van der Waals surface area contributed by atoms with Gasteiger partial charge >= 0.3 is 0 Å². The Hall–Kier alpha value is -4.01. The molecule has 1 fully saturated rings. The minimum atomic E-state index is -1.32. The van der Waals surface area contributed by atoms with E-state index < -0.39 is 24.2 Å². The number of rotatable bonds is 7. The molecule has 0 spiro atoms. The van der Waals surface area contributed by atoms with Crippen molar-refractivity contribution in [1.82, 2.24) is 9.78 Å². The van der Waals surface area contributed by atoms with Crippen LogP contribution in [0.5, 0.6) is 11.5 Å². The molecule has 0 bridgehead atoms. The molecule has 35 heavy (non-hydrogen) atoms. The predicted octanol–water partition coefficient (Wildman–Crippen LogP) is 1.89. The molecule has 5 rings (SSSR count). The van der Waals surface area contributed by atoms with E-state index in [0.29, 0.717) is 28.6 Å². The highest BCUT2D eigenvalue weighted by atomic mass is 16.5. The number of para-hydroxylation sites is 1. The van der Waals surface area contributed by atoms with E-state index in [1.54, 1.807) is 37.4 Å². The molecule has 1 aromatic heterocycles. The van der Waals surface area contributed by atoms with Crippen molar-refractivity contribution in [1.29, 1.82) is 0 Å². The highest BCUT2D eigenvalue weighted by Crippen LogP contribution is 2.40. The van der Waals surface area contributed by atoms with Gasteiger partial charge in [0.2, 0.25) is 0 Å². The van der Waals surface area contributed by atoms with Crippen LogP contribution in [0.1, 0.15) is 11.5 Å². The summed E-state index contributed by atoms with van der Waals surface area (Å²) in [4.78, 5) is 13.5. The molecule has 2 unspecified atom stereocenters. The third-order valence-corrected chi connectivity index (χ3v) is 6.48. The standard InChI is InChI=1S/C27H25N3O5/c1-34-18-13-14-19(20(15-18)35-2)28-24-25(31)22(26(24)32)21-23(16-9-5-3-6-10-16)29-30(27(21)33)17-11-7-4-8-12-17/h3-15,22,24-26,28-29H,1-2H3/q-2. The van der Waals surface area contributed by atoms with E-state index in [2.05, 4.69) is 10.4 Å². The van der Waals surface area contributed by atoms with E-state index in [1.807, 2.05) is 48.5 Å². The van der Waals surface area contributed by atoms with Gasteiger partial charge < -0.3 is 25.0 Å². The number of hydrogen-bond donors (Lipinski definition) is 2. The first-order valence-electron chi connectivity index (χ1n) is 11.3. The van der Waals surface area contributed by atoms with Crippen LogP contribution in [0.15, 0.2) is 83.7 Å². The van der Waals surface area contributed by atoms with E-state index in [0.717, 1.165) is 5.56 Å². The largest absolute Gasteiger partial charge is 0.850 e. The number of anilines is 1. The van der Waals surface area contributed by atoms with E-state index in [1.165, 1.54) is 11.8 Å². The first-order chi connectivity index (χ1) is 17.0. The number of hydrogen-bond acceptors (Lipinski definition) is 6. The minimum Gasteiger partial charge on any atom is -0.850 e. The Morgan fingerprint density at radius 3 is 2.17 bits per heavy atom. The molecule has 2 atom stereocenters. The van der Waals surface area contributed by atoms with Gasteiger partial charge in [-0.15, -0.1) is 12.2 Å². The van der Waals surface area contributed by atoms with Gasteiger partial charge in [0.1, 0.15) is 11.5 Å². The number of ether oxygens (including phenoxy) is 2. The number of benzene rings is 3. The first-order valence-corrected chi connectivity index (χ1v) is 11.3. The fourth-order valence-electron chi connectivity index (χ4n) is 4.61. The first kappa shape index (κ1) is 22.8. The van der Waals surface area contributed by atoms with Crippen molar-refractivity contribution in [2.45, 2.75) is 24.2 Å². The molecule has 1 heterocycles. The van der Waals surface area contributed by atoms with Crippen molar-refractivity contribution < 1.29 is 19.7 Å². The molecule has 8 heteroatoms. The maximum Gasteiger partial charge on any atom is 0.275 e. The number of aromatic amines is 1. The average molecular weight is 472 g/mol. The van der Waals surface area contributed by atoms with Crippen LogP contribution in [0.25, 0.3) is 16.9 Å². The summed E-state index contributed by atoms with van der Waals surface area (Å²) in [5.41, 5.74) is 2.22. The van der Waals surface area contributed by atoms with E-state index in [4.69, 9.17) is 9.47 Å². The number of methoxy groups -OCH3 is 2. The van der Waals surface area contributed by atoms with E-state index in [-0.39, 0.29) is 11.1 Å².